The largest absolute Gasteiger partial charge is 0.337 e. The number of carbonyl (C=O) groups excluding carboxylic acids is 1. The summed E-state index contributed by atoms with van der Waals surface area (Å²) in [4.78, 5) is 13.1. The van der Waals surface area contributed by atoms with E-state index < -0.39 is 5.54 Å². The smallest absolute Gasteiger partial charge is 0.274 e. The van der Waals surface area contributed by atoms with Crippen LogP contribution in [0.2, 0.25) is 0 Å². The van der Waals surface area contributed by atoms with Crippen molar-refractivity contribution in [3.8, 4) is 0 Å². The Morgan fingerprint density at radius 3 is 2.14 bits per heavy atom. The zero-order valence-corrected chi connectivity index (χ0v) is 17.2. The molecule has 1 amide bonds. The maximum Gasteiger partial charge on any atom is 0.274 e. The lowest BCUT2D eigenvalue weighted by Gasteiger charge is -2.32. The van der Waals surface area contributed by atoms with Crippen LogP contribution in [0.4, 0.5) is 0 Å². The number of nitrogens with one attached hydrogen (secondary N) is 2. The number of nitrogens with zero attached hydrogens (tertiary/aromatic N) is 3. The third-order valence-electron chi connectivity index (χ3n) is 5.49. The first kappa shape index (κ1) is 21.0. The minimum atomic E-state index is -0.669. The van der Waals surface area contributed by atoms with Crippen molar-refractivity contribution < 1.29 is 4.79 Å². The molecule has 0 atom stereocenters. The topological polar surface area (TPSA) is 71.8 Å². The highest BCUT2D eigenvalue weighted by Crippen LogP contribution is 2.29. The van der Waals surface area contributed by atoms with Crippen molar-refractivity contribution >= 4 is 18.3 Å². The summed E-state index contributed by atoms with van der Waals surface area (Å²) in [6, 6.07) is 20.3. The third kappa shape index (κ3) is 4.49. The van der Waals surface area contributed by atoms with Crippen LogP contribution in [0.5, 0.6) is 0 Å². The van der Waals surface area contributed by atoms with E-state index >= 15 is 0 Å². The molecule has 1 saturated heterocycles. The van der Waals surface area contributed by atoms with E-state index in [2.05, 4.69) is 20.9 Å². The van der Waals surface area contributed by atoms with Gasteiger partial charge in [-0.15, -0.1) is 17.5 Å². The molecule has 1 fully saturated rings. The van der Waals surface area contributed by atoms with Gasteiger partial charge < -0.3 is 10.6 Å². The molecule has 3 aromatic rings. The van der Waals surface area contributed by atoms with Gasteiger partial charge in [-0.3, -0.25) is 4.79 Å². The predicted molar refractivity (Wildman–Crippen MR) is 115 cm³/mol. The maximum atomic E-state index is 13.1. The molecule has 29 heavy (non-hydrogen) atoms. The molecule has 2 N–H and O–H groups in total. The second kappa shape index (κ2) is 9.20. The van der Waals surface area contributed by atoms with Crippen LogP contribution in [-0.4, -0.2) is 34.0 Å². The summed E-state index contributed by atoms with van der Waals surface area (Å²) < 4.78 is 1.83. The van der Waals surface area contributed by atoms with E-state index in [0.29, 0.717) is 11.7 Å². The molecule has 0 saturated carbocycles. The first-order chi connectivity index (χ1) is 13.7. The Bertz CT molecular complexity index is 883. The Labute approximate surface area is 177 Å². The summed E-state index contributed by atoms with van der Waals surface area (Å²) >= 11 is 0. The van der Waals surface area contributed by atoms with Gasteiger partial charge >= 0.3 is 0 Å². The maximum absolute atomic E-state index is 13.1. The van der Waals surface area contributed by atoms with Crippen LogP contribution in [0.1, 0.15) is 47.4 Å². The Morgan fingerprint density at radius 1 is 1.03 bits per heavy atom. The number of piperidine rings is 1. The van der Waals surface area contributed by atoms with E-state index in [1.807, 2.05) is 72.3 Å². The molecule has 1 aromatic heterocycles. The van der Waals surface area contributed by atoms with Gasteiger partial charge in [0.15, 0.2) is 5.69 Å². The summed E-state index contributed by atoms with van der Waals surface area (Å²) in [5.74, 6) is -0.226. The summed E-state index contributed by atoms with van der Waals surface area (Å²) in [5.41, 5.74) is 1.70. The highest BCUT2D eigenvalue weighted by molar-refractivity contribution is 5.92. The van der Waals surface area contributed by atoms with Crippen LogP contribution < -0.4 is 10.6 Å². The van der Waals surface area contributed by atoms with Gasteiger partial charge in [0.25, 0.3) is 5.91 Å². The average Bonchev–Trinajstić information content (AvgIpc) is 3.26. The number of rotatable bonds is 5. The van der Waals surface area contributed by atoms with Gasteiger partial charge in [0.1, 0.15) is 0 Å². The fraction of sp³-hybridized carbons (Fsp3) is 0.318. The summed E-state index contributed by atoms with van der Waals surface area (Å²) in [5, 5.41) is 14.9. The molecular weight excluding hydrogens is 386 g/mol. The highest BCUT2D eigenvalue weighted by Gasteiger charge is 2.32. The zero-order valence-electron chi connectivity index (χ0n) is 16.4. The fourth-order valence-electron chi connectivity index (χ4n) is 3.78. The quantitative estimate of drug-likeness (QED) is 0.675. The van der Waals surface area contributed by atoms with E-state index in [9.17, 15) is 4.79 Å². The van der Waals surface area contributed by atoms with E-state index in [1.54, 1.807) is 6.20 Å². The molecule has 152 valence electrons. The van der Waals surface area contributed by atoms with E-state index in [-0.39, 0.29) is 18.3 Å². The summed E-state index contributed by atoms with van der Waals surface area (Å²) in [7, 11) is 0. The monoisotopic (exact) mass is 411 g/mol. The molecular formula is C22H26ClN5O. The van der Waals surface area contributed by atoms with Crippen LogP contribution in [0, 0.1) is 0 Å². The van der Waals surface area contributed by atoms with Crippen molar-refractivity contribution in [2.24, 2.45) is 0 Å². The molecule has 4 rings (SSSR count). The SMILES string of the molecule is CC(NC(=O)c1cn(C2CCNCC2)nn1)(c1ccccc1)c1ccccc1.Cl. The molecule has 0 radical (unpaired) electrons. The number of amides is 1. The van der Waals surface area contributed by atoms with Crippen LogP contribution >= 0.6 is 12.4 Å². The van der Waals surface area contributed by atoms with Crippen molar-refractivity contribution in [2.45, 2.75) is 31.3 Å². The van der Waals surface area contributed by atoms with Crippen molar-refractivity contribution in [1.82, 2.24) is 25.6 Å². The number of aromatic nitrogens is 3. The number of hydrogen-bond donors (Lipinski definition) is 2. The Hall–Kier alpha value is -2.70. The first-order valence-corrected chi connectivity index (χ1v) is 9.73. The second-order valence-corrected chi connectivity index (χ2v) is 7.38. The van der Waals surface area contributed by atoms with Gasteiger partial charge in [-0.25, -0.2) is 4.68 Å². The van der Waals surface area contributed by atoms with E-state index in [0.717, 1.165) is 37.1 Å². The molecule has 2 aromatic carbocycles. The standard InChI is InChI=1S/C22H25N5O.ClH/c1-22(17-8-4-2-5-9-17,18-10-6-3-7-11-18)24-21(28)20-16-27(26-25-20)19-12-14-23-15-13-19;/h2-11,16,19,23H,12-15H2,1H3,(H,24,28);1H. The Balaban J connectivity index is 0.00000240. The second-order valence-electron chi connectivity index (χ2n) is 7.38. The van der Waals surface area contributed by atoms with E-state index in [1.165, 1.54) is 0 Å². The molecule has 1 aliphatic rings. The number of hydrogen-bond acceptors (Lipinski definition) is 4. The van der Waals surface area contributed by atoms with Crippen molar-refractivity contribution in [2.75, 3.05) is 13.1 Å². The van der Waals surface area contributed by atoms with Crippen LogP contribution in [-0.2, 0) is 5.54 Å². The molecule has 0 aliphatic carbocycles. The van der Waals surface area contributed by atoms with Crippen molar-refractivity contribution in [1.29, 1.82) is 0 Å². The number of carbonyl (C=O) groups is 1. The normalized spacial score (nSPS) is 14.8. The van der Waals surface area contributed by atoms with E-state index in [4.69, 9.17) is 0 Å². The van der Waals surface area contributed by atoms with Crippen molar-refractivity contribution in [3.05, 3.63) is 83.7 Å². The van der Waals surface area contributed by atoms with Gasteiger partial charge in [-0.05, 0) is 44.0 Å². The lowest BCUT2D eigenvalue weighted by molar-refractivity contribution is 0.0913. The van der Waals surface area contributed by atoms with Gasteiger partial charge in [0.05, 0.1) is 17.8 Å². The molecule has 7 heteroatoms. The van der Waals surface area contributed by atoms with Crippen LogP contribution in [0.3, 0.4) is 0 Å². The Kier molecular flexibility index (Phi) is 6.67. The van der Waals surface area contributed by atoms with Gasteiger partial charge in [0.2, 0.25) is 0 Å². The zero-order chi connectivity index (χ0) is 19.4. The lowest BCUT2D eigenvalue weighted by atomic mass is 9.84. The molecule has 0 spiro atoms. The minimum Gasteiger partial charge on any atom is -0.337 e. The molecule has 6 nitrogen and oxygen atoms in total. The minimum absolute atomic E-state index is 0. The first-order valence-electron chi connectivity index (χ1n) is 9.73. The Morgan fingerprint density at radius 2 is 1.59 bits per heavy atom. The average molecular weight is 412 g/mol. The van der Waals surface area contributed by atoms with Crippen LogP contribution in [0.15, 0.2) is 66.9 Å². The van der Waals surface area contributed by atoms with Gasteiger partial charge in [0, 0.05) is 0 Å². The van der Waals surface area contributed by atoms with Crippen LogP contribution in [0.25, 0.3) is 0 Å². The molecule has 1 aliphatic heterocycles. The lowest BCUT2D eigenvalue weighted by Crippen LogP contribution is -2.44. The summed E-state index contributed by atoms with van der Waals surface area (Å²) in [6.07, 6.45) is 3.76. The molecule has 2 heterocycles. The fourth-order valence-corrected chi connectivity index (χ4v) is 3.78. The number of benzene rings is 2. The predicted octanol–water partition coefficient (Wildman–Crippen LogP) is 3.32. The third-order valence-corrected chi connectivity index (χ3v) is 5.49. The van der Waals surface area contributed by atoms with Gasteiger partial charge in [-0.2, -0.15) is 0 Å². The summed E-state index contributed by atoms with van der Waals surface area (Å²) in [6.45, 7) is 3.95. The number of halogens is 1. The molecule has 0 unspecified atom stereocenters. The van der Waals surface area contributed by atoms with Gasteiger partial charge in [-0.1, -0.05) is 65.9 Å². The molecule has 0 bridgehead atoms. The van der Waals surface area contributed by atoms with Crippen molar-refractivity contribution in [3.63, 3.8) is 0 Å². The highest BCUT2D eigenvalue weighted by atomic mass is 35.5.